The van der Waals surface area contributed by atoms with Crippen LogP contribution in [0.4, 0.5) is 0 Å². The first-order chi connectivity index (χ1) is 10.5. The van der Waals surface area contributed by atoms with E-state index in [0.717, 1.165) is 0 Å². The SMILES string of the molecule is C=CCC1C[C@@H]2C[C@]2(C(=O)O)C1(NC(C)=O)C(=O)NC(C)(C)C. The quantitative estimate of drug-likeness (QED) is 0.668. The van der Waals surface area contributed by atoms with Gasteiger partial charge in [-0.1, -0.05) is 6.08 Å². The lowest BCUT2D eigenvalue weighted by atomic mass is 9.72. The number of hydrogen-bond acceptors (Lipinski definition) is 3. The Morgan fingerprint density at radius 3 is 2.39 bits per heavy atom. The maximum Gasteiger partial charge on any atom is 0.312 e. The van der Waals surface area contributed by atoms with E-state index in [4.69, 9.17) is 0 Å². The molecule has 0 aromatic carbocycles. The number of fused-ring (bicyclic) bond motifs is 1. The molecule has 0 spiro atoms. The summed E-state index contributed by atoms with van der Waals surface area (Å²) in [6, 6.07) is 0. The van der Waals surface area contributed by atoms with Gasteiger partial charge in [-0.2, -0.15) is 0 Å². The Morgan fingerprint density at radius 1 is 1.35 bits per heavy atom. The van der Waals surface area contributed by atoms with Gasteiger partial charge in [-0.25, -0.2) is 0 Å². The summed E-state index contributed by atoms with van der Waals surface area (Å²) in [5.74, 6) is -2.15. The van der Waals surface area contributed by atoms with E-state index < -0.39 is 34.3 Å². The number of nitrogens with one attached hydrogen (secondary N) is 2. The zero-order valence-electron chi connectivity index (χ0n) is 14.2. The number of carbonyl (C=O) groups excluding carboxylic acids is 2. The molecule has 0 heterocycles. The van der Waals surface area contributed by atoms with Crippen LogP contribution in [0.3, 0.4) is 0 Å². The molecule has 2 fully saturated rings. The van der Waals surface area contributed by atoms with Crippen molar-refractivity contribution in [3.63, 3.8) is 0 Å². The standard InChI is InChI=1S/C17H26N2O4/c1-6-7-11-8-12-9-16(12,14(22)23)17(11,18-10(2)20)13(21)19-15(3,4)5/h6,11-12H,1,7-9H2,2-5H3,(H,18,20)(H,19,21)(H,22,23)/t11?,12-,16+,17?/m1/s1. The van der Waals surface area contributed by atoms with Crippen molar-refractivity contribution in [2.24, 2.45) is 17.3 Å². The molecule has 2 amide bonds. The topological polar surface area (TPSA) is 95.5 Å². The summed E-state index contributed by atoms with van der Waals surface area (Å²) in [6.45, 7) is 10.5. The van der Waals surface area contributed by atoms with Crippen LogP contribution in [0.5, 0.6) is 0 Å². The molecule has 6 heteroatoms. The largest absolute Gasteiger partial charge is 0.481 e. The molecule has 0 aromatic heterocycles. The first-order valence-corrected chi connectivity index (χ1v) is 7.97. The lowest BCUT2D eigenvalue weighted by molar-refractivity contribution is -0.155. The lowest BCUT2D eigenvalue weighted by Gasteiger charge is -2.42. The second-order valence-electron chi connectivity index (χ2n) is 7.83. The highest BCUT2D eigenvalue weighted by atomic mass is 16.4. The molecule has 2 aliphatic carbocycles. The Morgan fingerprint density at radius 2 is 1.96 bits per heavy atom. The summed E-state index contributed by atoms with van der Waals surface area (Å²) >= 11 is 0. The van der Waals surface area contributed by atoms with Crippen LogP contribution in [-0.2, 0) is 14.4 Å². The molecule has 0 radical (unpaired) electrons. The maximum atomic E-state index is 13.1. The fourth-order valence-corrected chi connectivity index (χ4v) is 4.26. The van der Waals surface area contributed by atoms with Gasteiger partial charge < -0.3 is 15.7 Å². The minimum atomic E-state index is -1.42. The Labute approximate surface area is 136 Å². The van der Waals surface area contributed by atoms with Crippen molar-refractivity contribution < 1.29 is 19.5 Å². The van der Waals surface area contributed by atoms with Crippen molar-refractivity contribution in [2.75, 3.05) is 0 Å². The van der Waals surface area contributed by atoms with E-state index in [1.165, 1.54) is 6.92 Å². The Bertz CT molecular complexity index is 565. The number of carbonyl (C=O) groups is 3. The highest BCUT2D eigenvalue weighted by Crippen LogP contribution is 2.71. The summed E-state index contributed by atoms with van der Waals surface area (Å²) in [4.78, 5) is 37.0. The fourth-order valence-electron chi connectivity index (χ4n) is 4.26. The van der Waals surface area contributed by atoms with E-state index in [0.29, 0.717) is 19.3 Å². The van der Waals surface area contributed by atoms with Crippen LogP contribution in [0.2, 0.25) is 0 Å². The fraction of sp³-hybridized carbons (Fsp3) is 0.706. The van der Waals surface area contributed by atoms with Gasteiger partial charge in [-0.05, 0) is 51.9 Å². The minimum Gasteiger partial charge on any atom is -0.481 e. The third kappa shape index (κ3) is 2.54. The molecular formula is C17H26N2O4. The second kappa shape index (κ2) is 5.35. The maximum absolute atomic E-state index is 13.1. The number of hydrogen-bond donors (Lipinski definition) is 3. The monoisotopic (exact) mass is 322 g/mol. The van der Waals surface area contributed by atoms with Gasteiger partial charge in [-0.3, -0.25) is 14.4 Å². The third-order valence-corrected chi connectivity index (χ3v) is 5.04. The Kier molecular flexibility index (Phi) is 4.07. The van der Waals surface area contributed by atoms with Crippen LogP contribution < -0.4 is 10.6 Å². The first kappa shape index (κ1) is 17.5. The number of rotatable bonds is 5. The van der Waals surface area contributed by atoms with Crippen LogP contribution in [-0.4, -0.2) is 34.0 Å². The first-order valence-electron chi connectivity index (χ1n) is 7.97. The highest BCUT2D eigenvalue weighted by molar-refractivity contribution is 6.00. The molecule has 2 unspecified atom stereocenters. The zero-order valence-corrected chi connectivity index (χ0v) is 14.2. The predicted octanol–water partition coefficient (Wildman–Crippen LogP) is 1.46. The lowest BCUT2D eigenvalue weighted by Crippen LogP contribution is -2.69. The predicted molar refractivity (Wildman–Crippen MR) is 85.5 cm³/mol. The van der Waals surface area contributed by atoms with Gasteiger partial charge in [0.2, 0.25) is 11.8 Å². The van der Waals surface area contributed by atoms with Gasteiger partial charge in [0, 0.05) is 12.5 Å². The molecule has 0 saturated heterocycles. The molecule has 4 atom stereocenters. The van der Waals surface area contributed by atoms with E-state index in [2.05, 4.69) is 17.2 Å². The molecule has 0 aromatic rings. The van der Waals surface area contributed by atoms with Crippen LogP contribution in [0.1, 0.15) is 47.0 Å². The van der Waals surface area contributed by atoms with Crippen molar-refractivity contribution in [1.82, 2.24) is 10.6 Å². The van der Waals surface area contributed by atoms with Crippen LogP contribution in [0.25, 0.3) is 0 Å². The van der Waals surface area contributed by atoms with Crippen LogP contribution in [0, 0.1) is 17.3 Å². The molecule has 2 rings (SSSR count). The highest BCUT2D eigenvalue weighted by Gasteiger charge is 2.81. The van der Waals surface area contributed by atoms with Gasteiger partial charge in [0.25, 0.3) is 0 Å². The van der Waals surface area contributed by atoms with Crippen molar-refractivity contribution in [1.29, 1.82) is 0 Å². The number of allylic oxidation sites excluding steroid dienone is 1. The second-order valence-corrected chi connectivity index (χ2v) is 7.83. The van der Waals surface area contributed by atoms with Crippen LogP contribution in [0.15, 0.2) is 12.7 Å². The molecule has 3 N–H and O–H groups in total. The van der Waals surface area contributed by atoms with Gasteiger partial charge >= 0.3 is 5.97 Å². The van der Waals surface area contributed by atoms with Crippen LogP contribution >= 0.6 is 0 Å². The summed E-state index contributed by atoms with van der Waals surface area (Å²) in [7, 11) is 0. The molecule has 128 valence electrons. The zero-order chi connectivity index (χ0) is 17.6. The summed E-state index contributed by atoms with van der Waals surface area (Å²) in [5, 5.41) is 15.5. The number of carboxylic acids is 1. The van der Waals surface area contributed by atoms with Crippen molar-refractivity contribution in [3.8, 4) is 0 Å². The smallest absolute Gasteiger partial charge is 0.312 e. The number of aliphatic carboxylic acids is 1. The number of amides is 2. The molecule has 0 aliphatic heterocycles. The van der Waals surface area contributed by atoms with Crippen molar-refractivity contribution in [3.05, 3.63) is 12.7 Å². The normalized spacial score (nSPS) is 35.1. The summed E-state index contributed by atoms with van der Waals surface area (Å²) in [5.41, 5.74) is -3.15. The minimum absolute atomic E-state index is 0.0810. The van der Waals surface area contributed by atoms with Crippen molar-refractivity contribution in [2.45, 2.75) is 58.0 Å². The van der Waals surface area contributed by atoms with Crippen molar-refractivity contribution >= 4 is 17.8 Å². The molecule has 23 heavy (non-hydrogen) atoms. The van der Waals surface area contributed by atoms with Gasteiger partial charge in [0.1, 0.15) is 11.0 Å². The molecule has 0 bridgehead atoms. The van der Waals surface area contributed by atoms with E-state index in [1.807, 2.05) is 20.8 Å². The molecule has 2 saturated carbocycles. The molecule has 2 aliphatic rings. The van der Waals surface area contributed by atoms with Gasteiger partial charge in [-0.15, -0.1) is 6.58 Å². The molecular weight excluding hydrogens is 296 g/mol. The average Bonchev–Trinajstić information content (AvgIpc) is 3.03. The van der Waals surface area contributed by atoms with E-state index >= 15 is 0 Å². The van der Waals surface area contributed by atoms with Gasteiger partial charge in [0.05, 0.1) is 0 Å². The van der Waals surface area contributed by atoms with E-state index in [-0.39, 0.29) is 11.8 Å². The van der Waals surface area contributed by atoms with Gasteiger partial charge in [0.15, 0.2) is 0 Å². The summed E-state index contributed by atoms with van der Waals surface area (Å²) < 4.78 is 0. The van der Waals surface area contributed by atoms with E-state index in [1.54, 1.807) is 6.08 Å². The summed E-state index contributed by atoms with van der Waals surface area (Å²) in [6.07, 6.45) is 3.21. The molecule has 6 nitrogen and oxygen atoms in total. The average molecular weight is 322 g/mol. The third-order valence-electron chi connectivity index (χ3n) is 5.04. The van der Waals surface area contributed by atoms with E-state index in [9.17, 15) is 19.5 Å². The Hall–Kier alpha value is -1.85. The Balaban J connectivity index is 2.55. The number of carboxylic acid groups (broad SMARTS) is 1.